The fourth-order valence-corrected chi connectivity index (χ4v) is 4.20. The molecule has 3 aromatic heterocycles. The number of amides is 1. The van der Waals surface area contributed by atoms with Crippen molar-refractivity contribution in [1.29, 1.82) is 0 Å². The zero-order valence-electron chi connectivity index (χ0n) is 13.7. The zero-order valence-corrected chi connectivity index (χ0v) is 14.6. The number of thiazole rings is 1. The van der Waals surface area contributed by atoms with Crippen LogP contribution in [-0.4, -0.2) is 37.5 Å². The van der Waals surface area contributed by atoms with Gasteiger partial charge in [-0.3, -0.25) is 9.89 Å². The summed E-state index contributed by atoms with van der Waals surface area (Å²) in [6.07, 6.45) is 4.76. The number of likely N-dealkylation sites (tertiary alicyclic amines) is 1. The highest BCUT2D eigenvalue weighted by molar-refractivity contribution is 7.09. The van der Waals surface area contributed by atoms with Gasteiger partial charge in [0, 0.05) is 34.9 Å². The first-order valence-corrected chi connectivity index (χ1v) is 9.05. The Kier molecular flexibility index (Phi) is 3.80. The molecule has 1 fully saturated rings. The lowest BCUT2D eigenvalue weighted by molar-refractivity contribution is 0.0611. The Hall–Kier alpha value is -2.28. The summed E-state index contributed by atoms with van der Waals surface area (Å²) in [4.78, 5) is 24.0. The highest BCUT2D eigenvalue weighted by Crippen LogP contribution is 2.34. The average Bonchev–Trinajstić information content (AvgIpc) is 3.20. The summed E-state index contributed by atoms with van der Waals surface area (Å²) >= 11 is 1.64. The van der Waals surface area contributed by atoms with E-state index in [4.69, 9.17) is 0 Å². The Bertz CT molecular complexity index is 899. The lowest BCUT2D eigenvalue weighted by Crippen LogP contribution is -2.38. The third kappa shape index (κ3) is 2.58. The van der Waals surface area contributed by atoms with E-state index in [0.717, 1.165) is 47.6 Å². The molecule has 4 rings (SSSR count). The molecule has 1 atom stereocenters. The second kappa shape index (κ2) is 5.98. The van der Waals surface area contributed by atoms with Gasteiger partial charge in [0.25, 0.3) is 5.91 Å². The maximum Gasteiger partial charge on any atom is 0.256 e. The highest BCUT2D eigenvalue weighted by Gasteiger charge is 2.31. The number of H-pyrrole nitrogens is 1. The molecule has 4 heterocycles. The molecule has 1 aliphatic rings. The molecule has 1 amide bonds. The van der Waals surface area contributed by atoms with Crippen molar-refractivity contribution in [2.24, 2.45) is 0 Å². The van der Waals surface area contributed by atoms with Crippen LogP contribution in [0.3, 0.4) is 0 Å². The van der Waals surface area contributed by atoms with Crippen molar-refractivity contribution >= 4 is 28.3 Å². The maximum absolute atomic E-state index is 13.1. The van der Waals surface area contributed by atoms with Crippen LogP contribution in [0.4, 0.5) is 0 Å². The van der Waals surface area contributed by atoms with Crippen LogP contribution in [0, 0.1) is 13.8 Å². The lowest BCUT2D eigenvalue weighted by atomic mass is 10.0. The number of carbonyl (C=O) groups is 1. The molecule has 1 saturated heterocycles. The molecule has 24 heavy (non-hydrogen) atoms. The van der Waals surface area contributed by atoms with Gasteiger partial charge >= 0.3 is 0 Å². The third-order valence-electron chi connectivity index (χ3n) is 4.53. The summed E-state index contributed by atoms with van der Waals surface area (Å²) in [5.41, 5.74) is 3.21. The van der Waals surface area contributed by atoms with E-state index < -0.39 is 0 Å². The van der Waals surface area contributed by atoms with E-state index in [2.05, 4.69) is 25.5 Å². The van der Waals surface area contributed by atoms with Crippen LogP contribution in [0.5, 0.6) is 0 Å². The van der Waals surface area contributed by atoms with Crippen LogP contribution < -0.4 is 0 Å². The summed E-state index contributed by atoms with van der Waals surface area (Å²) in [5, 5.41) is 11.0. The van der Waals surface area contributed by atoms with E-state index in [1.165, 1.54) is 0 Å². The summed E-state index contributed by atoms with van der Waals surface area (Å²) < 4.78 is 0. The van der Waals surface area contributed by atoms with Crippen LogP contribution in [0.2, 0.25) is 0 Å². The van der Waals surface area contributed by atoms with E-state index in [1.54, 1.807) is 17.5 Å². The minimum atomic E-state index is 0.0301. The third-order valence-corrected chi connectivity index (χ3v) is 5.60. The number of aromatic amines is 1. The molecule has 3 aromatic rings. The Morgan fingerprint density at radius 1 is 1.38 bits per heavy atom. The van der Waals surface area contributed by atoms with Crippen LogP contribution in [-0.2, 0) is 0 Å². The standard InChI is InChI=1S/C17H19N5OS/c1-10-9-24-16(19-10)14-5-3-4-6-22(14)17(23)12-7-13-11(2)20-21-15(13)18-8-12/h7-9,14H,3-6H2,1-2H3,(H,18,20,21)/t14-/m1/s1. The van der Waals surface area contributed by atoms with E-state index in [-0.39, 0.29) is 11.9 Å². The summed E-state index contributed by atoms with van der Waals surface area (Å²) in [7, 11) is 0. The molecule has 6 nitrogen and oxygen atoms in total. The van der Waals surface area contributed by atoms with Gasteiger partial charge in [0.1, 0.15) is 5.01 Å². The number of aryl methyl sites for hydroxylation is 2. The lowest BCUT2D eigenvalue weighted by Gasteiger charge is -2.34. The highest BCUT2D eigenvalue weighted by atomic mass is 32.1. The normalized spacial score (nSPS) is 18.2. The number of hydrogen-bond donors (Lipinski definition) is 1. The number of carbonyl (C=O) groups excluding carboxylic acids is 1. The molecule has 1 aliphatic heterocycles. The molecule has 0 unspecified atom stereocenters. The van der Waals surface area contributed by atoms with Gasteiger partial charge in [-0.2, -0.15) is 5.10 Å². The zero-order chi connectivity index (χ0) is 16.7. The number of nitrogens with one attached hydrogen (secondary N) is 1. The van der Waals surface area contributed by atoms with E-state index in [0.29, 0.717) is 11.2 Å². The fourth-order valence-electron chi connectivity index (χ4n) is 3.26. The van der Waals surface area contributed by atoms with Gasteiger partial charge in [-0.15, -0.1) is 11.3 Å². The number of fused-ring (bicyclic) bond motifs is 1. The van der Waals surface area contributed by atoms with E-state index in [9.17, 15) is 4.79 Å². The molecular formula is C17H19N5OS. The molecule has 0 radical (unpaired) electrons. The Morgan fingerprint density at radius 2 is 2.25 bits per heavy atom. The first-order chi connectivity index (χ1) is 11.6. The molecule has 0 saturated carbocycles. The largest absolute Gasteiger partial charge is 0.329 e. The van der Waals surface area contributed by atoms with Crippen molar-refractivity contribution in [1.82, 2.24) is 25.1 Å². The minimum Gasteiger partial charge on any atom is -0.329 e. The van der Waals surface area contributed by atoms with Crippen LogP contribution in [0.15, 0.2) is 17.6 Å². The maximum atomic E-state index is 13.1. The Labute approximate surface area is 143 Å². The van der Waals surface area contributed by atoms with E-state index >= 15 is 0 Å². The topological polar surface area (TPSA) is 74.8 Å². The second-order valence-electron chi connectivity index (χ2n) is 6.28. The predicted molar refractivity (Wildman–Crippen MR) is 93.1 cm³/mol. The van der Waals surface area contributed by atoms with Gasteiger partial charge in [-0.25, -0.2) is 9.97 Å². The number of rotatable bonds is 2. The van der Waals surface area contributed by atoms with Gasteiger partial charge in [0.2, 0.25) is 0 Å². The Morgan fingerprint density at radius 3 is 3.04 bits per heavy atom. The first kappa shape index (κ1) is 15.3. The molecule has 0 bridgehead atoms. The van der Waals surface area contributed by atoms with Gasteiger partial charge in [-0.1, -0.05) is 0 Å². The van der Waals surface area contributed by atoms with Gasteiger partial charge in [0.05, 0.1) is 11.6 Å². The van der Waals surface area contributed by atoms with Gasteiger partial charge < -0.3 is 4.90 Å². The number of nitrogens with zero attached hydrogens (tertiary/aromatic N) is 4. The average molecular weight is 341 g/mol. The number of piperidine rings is 1. The van der Waals surface area contributed by atoms with Gasteiger partial charge in [-0.05, 0) is 39.2 Å². The van der Waals surface area contributed by atoms with Crippen molar-refractivity contribution in [3.05, 3.63) is 39.6 Å². The summed E-state index contributed by atoms with van der Waals surface area (Å²) in [6, 6.07) is 1.97. The number of pyridine rings is 1. The molecule has 0 spiro atoms. The quantitative estimate of drug-likeness (QED) is 0.775. The predicted octanol–water partition coefficient (Wildman–Crippen LogP) is 3.40. The van der Waals surface area contributed by atoms with Crippen LogP contribution in [0.25, 0.3) is 11.0 Å². The van der Waals surface area contributed by atoms with E-state index in [1.807, 2.05) is 24.8 Å². The van der Waals surface area contributed by atoms with Crippen molar-refractivity contribution in [3.63, 3.8) is 0 Å². The first-order valence-electron chi connectivity index (χ1n) is 8.17. The molecule has 0 aromatic carbocycles. The number of aromatic nitrogens is 4. The molecule has 1 N–H and O–H groups in total. The van der Waals surface area contributed by atoms with Crippen molar-refractivity contribution < 1.29 is 4.79 Å². The van der Waals surface area contributed by atoms with Crippen LogP contribution >= 0.6 is 11.3 Å². The molecule has 7 heteroatoms. The molecule has 124 valence electrons. The minimum absolute atomic E-state index is 0.0301. The van der Waals surface area contributed by atoms with Crippen molar-refractivity contribution in [3.8, 4) is 0 Å². The summed E-state index contributed by atoms with van der Waals surface area (Å²) in [5.74, 6) is 0.0301. The SMILES string of the molecule is Cc1csc([C@H]2CCCCN2C(=O)c2cnc3n[nH]c(C)c3c2)n1. The summed E-state index contributed by atoms with van der Waals surface area (Å²) in [6.45, 7) is 4.70. The monoisotopic (exact) mass is 341 g/mol. The van der Waals surface area contributed by atoms with Gasteiger partial charge in [0.15, 0.2) is 5.65 Å². The van der Waals surface area contributed by atoms with Crippen LogP contribution in [0.1, 0.15) is 52.1 Å². The van der Waals surface area contributed by atoms with Crippen molar-refractivity contribution in [2.75, 3.05) is 6.54 Å². The number of hydrogen-bond acceptors (Lipinski definition) is 5. The Balaban J connectivity index is 1.68. The second-order valence-corrected chi connectivity index (χ2v) is 7.17. The molecular weight excluding hydrogens is 322 g/mol. The molecule has 0 aliphatic carbocycles. The van der Waals surface area contributed by atoms with Crippen molar-refractivity contribution in [2.45, 2.75) is 39.2 Å². The fraction of sp³-hybridized carbons (Fsp3) is 0.412. The smallest absolute Gasteiger partial charge is 0.256 e.